The van der Waals surface area contributed by atoms with Gasteiger partial charge in [0.05, 0.1) is 13.2 Å². The van der Waals surface area contributed by atoms with Crippen LogP contribution < -0.4 is 4.90 Å². The number of carbonyl (C=O) groups excluding carboxylic acids is 2. The molecule has 0 unspecified atom stereocenters. The van der Waals surface area contributed by atoms with Crippen LogP contribution >= 0.6 is 0 Å². The molecular formula is C15H23N3O4. The number of ether oxygens (including phenoxy) is 2. The Kier molecular flexibility index (Phi) is 7.28. The van der Waals surface area contributed by atoms with Gasteiger partial charge in [0.15, 0.2) is 0 Å². The number of carbonyl (C=O) groups is 2. The SMILES string of the molecule is CCOC(=O)CCCN(C)c1nc(C)ncc1C(=O)OCC. The van der Waals surface area contributed by atoms with Gasteiger partial charge in [-0.2, -0.15) is 0 Å². The van der Waals surface area contributed by atoms with Gasteiger partial charge in [0, 0.05) is 26.2 Å². The minimum Gasteiger partial charge on any atom is -0.466 e. The van der Waals surface area contributed by atoms with Crippen molar-refractivity contribution in [3.8, 4) is 0 Å². The smallest absolute Gasteiger partial charge is 0.343 e. The van der Waals surface area contributed by atoms with Crippen LogP contribution in [0.2, 0.25) is 0 Å². The van der Waals surface area contributed by atoms with Gasteiger partial charge in [-0.15, -0.1) is 0 Å². The largest absolute Gasteiger partial charge is 0.466 e. The quantitative estimate of drug-likeness (QED) is 0.676. The average Bonchev–Trinajstić information content (AvgIpc) is 2.47. The van der Waals surface area contributed by atoms with Gasteiger partial charge in [-0.25, -0.2) is 14.8 Å². The van der Waals surface area contributed by atoms with Crippen molar-refractivity contribution < 1.29 is 19.1 Å². The lowest BCUT2D eigenvalue weighted by molar-refractivity contribution is -0.143. The first kappa shape index (κ1) is 17.9. The summed E-state index contributed by atoms with van der Waals surface area (Å²) in [5, 5.41) is 0. The maximum Gasteiger partial charge on any atom is 0.343 e. The van der Waals surface area contributed by atoms with Crippen molar-refractivity contribution in [2.45, 2.75) is 33.6 Å². The van der Waals surface area contributed by atoms with Crippen LogP contribution in [-0.4, -0.2) is 48.7 Å². The number of rotatable bonds is 8. The standard InChI is InChI=1S/C15H23N3O4/c1-5-21-13(19)8-7-9-18(4)14-12(15(20)22-6-2)10-16-11(3)17-14/h10H,5-9H2,1-4H3. The molecule has 0 aliphatic rings. The number of anilines is 1. The average molecular weight is 309 g/mol. The van der Waals surface area contributed by atoms with E-state index in [0.717, 1.165) is 0 Å². The molecule has 1 aromatic rings. The highest BCUT2D eigenvalue weighted by molar-refractivity contribution is 5.94. The van der Waals surface area contributed by atoms with Crippen molar-refractivity contribution in [2.75, 3.05) is 31.7 Å². The zero-order chi connectivity index (χ0) is 16.5. The molecule has 7 nitrogen and oxygen atoms in total. The van der Waals surface area contributed by atoms with Crippen LogP contribution in [0.3, 0.4) is 0 Å². The van der Waals surface area contributed by atoms with Gasteiger partial charge in [-0.05, 0) is 27.2 Å². The minimum atomic E-state index is -0.449. The lowest BCUT2D eigenvalue weighted by Gasteiger charge is -2.20. The summed E-state index contributed by atoms with van der Waals surface area (Å²) in [6.07, 6.45) is 2.41. The predicted octanol–water partition coefficient (Wildman–Crippen LogP) is 1.74. The first-order chi connectivity index (χ1) is 10.5. The number of hydrogen-bond acceptors (Lipinski definition) is 7. The fourth-order valence-corrected chi connectivity index (χ4v) is 1.90. The van der Waals surface area contributed by atoms with Crippen molar-refractivity contribution in [1.29, 1.82) is 0 Å². The summed E-state index contributed by atoms with van der Waals surface area (Å²) in [6.45, 7) is 6.52. The molecule has 0 aromatic carbocycles. The van der Waals surface area contributed by atoms with Gasteiger partial charge < -0.3 is 14.4 Å². The van der Waals surface area contributed by atoms with E-state index in [0.29, 0.717) is 49.8 Å². The summed E-state index contributed by atoms with van der Waals surface area (Å²) in [7, 11) is 1.82. The predicted molar refractivity (Wildman–Crippen MR) is 81.9 cm³/mol. The zero-order valence-electron chi connectivity index (χ0n) is 13.6. The van der Waals surface area contributed by atoms with Crippen molar-refractivity contribution >= 4 is 17.8 Å². The third-order valence-corrected chi connectivity index (χ3v) is 2.93. The molecule has 1 aromatic heterocycles. The summed E-state index contributed by atoms with van der Waals surface area (Å²) in [4.78, 5) is 33.5. The third kappa shape index (κ3) is 5.31. The van der Waals surface area contributed by atoms with Gasteiger partial charge in [0.1, 0.15) is 17.2 Å². The van der Waals surface area contributed by atoms with Crippen LogP contribution in [0.5, 0.6) is 0 Å². The normalized spacial score (nSPS) is 10.2. The number of nitrogens with zero attached hydrogens (tertiary/aromatic N) is 3. The van der Waals surface area contributed by atoms with Crippen molar-refractivity contribution in [3.63, 3.8) is 0 Å². The second kappa shape index (κ2) is 8.96. The lowest BCUT2D eigenvalue weighted by Crippen LogP contribution is -2.24. The summed E-state index contributed by atoms with van der Waals surface area (Å²) in [5.74, 6) is 0.408. The molecule has 0 radical (unpaired) electrons. The topological polar surface area (TPSA) is 81.6 Å². The van der Waals surface area contributed by atoms with Crippen LogP contribution in [-0.2, 0) is 14.3 Å². The molecule has 7 heteroatoms. The molecule has 0 fully saturated rings. The van der Waals surface area contributed by atoms with Gasteiger partial charge in [0.2, 0.25) is 0 Å². The molecular weight excluding hydrogens is 286 g/mol. The van der Waals surface area contributed by atoms with Crippen LogP contribution in [0.1, 0.15) is 42.9 Å². The van der Waals surface area contributed by atoms with Crippen molar-refractivity contribution in [3.05, 3.63) is 17.6 Å². The minimum absolute atomic E-state index is 0.222. The summed E-state index contributed by atoms with van der Waals surface area (Å²) in [5.41, 5.74) is 0.325. The molecule has 122 valence electrons. The molecule has 0 bridgehead atoms. The Hall–Kier alpha value is -2.18. The van der Waals surface area contributed by atoms with Crippen LogP contribution in [0.25, 0.3) is 0 Å². The molecule has 0 saturated carbocycles. The Morgan fingerprint density at radius 3 is 2.55 bits per heavy atom. The molecule has 1 rings (SSSR count). The molecule has 1 heterocycles. The van der Waals surface area contributed by atoms with Crippen molar-refractivity contribution in [2.24, 2.45) is 0 Å². The molecule has 0 atom stereocenters. The van der Waals surface area contributed by atoms with Crippen molar-refractivity contribution in [1.82, 2.24) is 9.97 Å². The Balaban J connectivity index is 2.74. The van der Waals surface area contributed by atoms with E-state index in [9.17, 15) is 9.59 Å². The molecule has 22 heavy (non-hydrogen) atoms. The van der Waals surface area contributed by atoms with E-state index in [2.05, 4.69) is 9.97 Å². The van der Waals surface area contributed by atoms with E-state index in [1.807, 2.05) is 11.9 Å². The summed E-state index contributed by atoms with van der Waals surface area (Å²) < 4.78 is 9.90. The molecule has 0 N–H and O–H groups in total. The fraction of sp³-hybridized carbons (Fsp3) is 0.600. The zero-order valence-corrected chi connectivity index (χ0v) is 13.6. The van der Waals surface area contributed by atoms with E-state index in [-0.39, 0.29) is 5.97 Å². The fourth-order valence-electron chi connectivity index (χ4n) is 1.90. The highest BCUT2D eigenvalue weighted by Gasteiger charge is 2.18. The number of aromatic nitrogens is 2. The summed E-state index contributed by atoms with van der Waals surface area (Å²) >= 11 is 0. The highest BCUT2D eigenvalue weighted by atomic mass is 16.5. The Bertz CT molecular complexity index is 520. The molecule has 0 aliphatic heterocycles. The molecule has 0 amide bonds. The van der Waals surface area contributed by atoms with Gasteiger partial charge in [-0.1, -0.05) is 0 Å². The first-order valence-corrected chi connectivity index (χ1v) is 7.37. The Morgan fingerprint density at radius 2 is 1.91 bits per heavy atom. The molecule has 0 saturated heterocycles. The Labute approximate surface area is 130 Å². The highest BCUT2D eigenvalue weighted by Crippen LogP contribution is 2.17. The van der Waals surface area contributed by atoms with E-state index in [1.165, 1.54) is 6.20 Å². The van der Waals surface area contributed by atoms with Crippen LogP contribution in [0.4, 0.5) is 5.82 Å². The van der Waals surface area contributed by atoms with Gasteiger partial charge in [-0.3, -0.25) is 4.79 Å². The second-order valence-electron chi connectivity index (χ2n) is 4.71. The number of hydrogen-bond donors (Lipinski definition) is 0. The van der Waals surface area contributed by atoms with E-state index in [4.69, 9.17) is 9.47 Å². The van der Waals surface area contributed by atoms with Crippen LogP contribution in [0, 0.1) is 6.92 Å². The number of esters is 2. The maximum atomic E-state index is 11.9. The van der Waals surface area contributed by atoms with Gasteiger partial charge in [0.25, 0.3) is 0 Å². The summed E-state index contributed by atoms with van der Waals surface area (Å²) in [6, 6.07) is 0. The lowest BCUT2D eigenvalue weighted by atomic mass is 10.2. The van der Waals surface area contributed by atoms with E-state index < -0.39 is 5.97 Å². The van der Waals surface area contributed by atoms with Crippen LogP contribution in [0.15, 0.2) is 6.20 Å². The molecule has 0 spiro atoms. The monoisotopic (exact) mass is 309 g/mol. The van der Waals surface area contributed by atoms with E-state index in [1.54, 1.807) is 20.8 Å². The maximum absolute atomic E-state index is 11.9. The van der Waals surface area contributed by atoms with Gasteiger partial charge >= 0.3 is 11.9 Å². The second-order valence-corrected chi connectivity index (χ2v) is 4.71. The molecule has 0 aliphatic carbocycles. The van der Waals surface area contributed by atoms with E-state index >= 15 is 0 Å². The Morgan fingerprint density at radius 1 is 1.23 bits per heavy atom. The number of aryl methyl sites for hydroxylation is 1. The third-order valence-electron chi connectivity index (χ3n) is 2.93. The first-order valence-electron chi connectivity index (χ1n) is 7.37.